The molecule has 76 valence electrons. The van der Waals surface area contributed by atoms with Crippen molar-refractivity contribution in [1.29, 1.82) is 0 Å². The number of hydrogen-bond acceptors (Lipinski definition) is 3. The third kappa shape index (κ3) is 2.89. The fourth-order valence-electron chi connectivity index (χ4n) is 1.22. The van der Waals surface area contributed by atoms with E-state index in [4.69, 9.17) is 17.0 Å². The van der Waals surface area contributed by atoms with Crippen molar-refractivity contribution in [2.45, 2.75) is 6.42 Å². The molecule has 1 N–H and O–H groups in total. The summed E-state index contributed by atoms with van der Waals surface area (Å²) >= 11 is 5.11. The maximum absolute atomic E-state index is 5.37. The van der Waals surface area contributed by atoms with Crippen LogP contribution < -0.4 is 4.74 Å². The summed E-state index contributed by atoms with van der Waals surface area (Å²) in [5.74, 6) is 0.580. The molecular formula is C11H10N2OS. The fraction of sp³-hybridized carbons (Fsp3) is 0.0909. The van der Waals surface area contributed by atoms with Crippen molar-refractivity contribution in [2.75, 3.05) is 0 Å². The van der Waals surface area contributed by atoms with Crippen LogP contribution in [0.4, 0.5) is 0 Å². The molecule has 0 radical (unpaired) electrons. The predicted octanol–water partition coefficient (Wildman–Crippen LogP) is 2.36. The standard InChI is InChI=1S/C11H10N2OS/c15-11(14-10-6-7-12-13-10)8-9-4-2-1-3-5-9/h1-7H,8H2,(H,12,13). The molecule has 0 atom stereocenters. The molecule has 1 heterocycles. The van der Waals surface area contributed by atoms with Gasteiger partial charge in [0.25, 0.3) is 0 Å². The molecule has 0 amide bonds. The van der Waals surface area contributed by atoms with E-state index in [1.165, 1.54) is 0 Å². The van der Waals surface area contributed by atoms with Gasteiger partial charge in [0.05, 0.1) is 6.20 Å². The SMILES string of the molecule is S=C(Cc1ccccc1)Oc1ccn[nH]1. The topological polar surface area (TPSA) is 37.9 Å². The summed E-state index contributed by atoms with van der Waals surface area (Å²) in [6.07, 6.45) is 2.26. The summed E-state index contributed by atoms with van der Waals surface area (Å²) in [5.41, 5.74) is 1.14. The number of thiocarbonyl (C=S) groups is 1. The van der Waals surface area contributed by atoms with Crippen LogP contribution in [0.25, 0.3) is 0 Å². The predicted molar refractivity (Wildman–Crippen MR) is 62.0 cm³/mol. The zero-order valence-corrected chi connectivity index (χ0v) is 8.83. The number of H-pyrrole nitrogens is 1. The number of nitrogens with one attached hydrogen (secondary N) is 1. The first-order valence-electron chi connectivity index (χ1n) is 4.58. The molecule has 2 rings (SSSR count). The van der Waals surface area contributed by atoms with Gasteiger partial charge in [-0.2, -0.15) is 5.10 Å². The van der Waals surface area contributed by atoms with Gasteiger partial charge >= 0.3 is 0 Å². The highest BCUT2D eigenvalue weighted by Gasteiger charge is 2.02. The Morgan fingerprint density at radius 1 is 1.27 bits per heavy atom. The Hall–Kier alpha value is -1.68. The first-order valence-corrected chi connectivity index (χ1v) is 4.99. The molecule has 0 aliphatic rings. The average Bonchev–Trinajstić information content (AvgIpc) is 2.71. The third-order valence-corrected chi connectivity index (χ3v) is 2.12. The van der Waals surface area contributed by atoms with Crippen molar-refractivity contribution in [1.82, 2.24) is 10.2 Å². The molecule has 0 aliphatic carbocycles. The molecule has 15 heavy (non-hydrogen) atoms. The summed E-state index contributed by atoms with van der Waals surface area (Å²) in [6.45, 7) is 0. The molecule has 0 bridgehead atoms. The number of ether oxygens (including phenoxy) is 1. The second kappa shape index (κ2) is 4.70. The lowest BCUT2D eigenvalue weighted by molar-refractivity contribution is 0.528. The molecule has 0 saturated heterocycles. The van der Waals surface area contributed by atoms with Gasteiger partial charge in [0.2, 0.25) is 5.88 Å². The van der Waals surface area contributed by atoms with E-state index in [9.17, 15) is 0 Å². The van der Waals surface area contributed by atoms with Gasteiger partial charge in [-0.3, -0.25) is 0 Å². The molecule has 1 aromatic carbocycles. The summed E-state index contributed by atoms with van der Waals surface area (Å²) in [5, 5.41) is 7.00. The van der Waals surface area contributed by atoms with Gasteiger partial charge in [0, 0.05) is 12.5 Å². The van der Waals surface area contributed by atoms with Crippen molar-refractivity contribution in [3.63, 3.8) is 0 Å². The van der Waals surface area contributed by atoms with E-state index in [1.807, 2.05) is 30.3 Å². The van der Waals surface area contributed by atoms with E-state index in [0.717, 1.165) is 5.56 Å². The Balaban J connectivity index is 1.94. The maximum atomic E-state index is 5.37. The number of aromatic amines is 1. The summed E-state index contributed by atoms with van der Waals surface area (Å²) in [4.78, 5) is 0. The van der Waals surface area contributed by atoms with Crippen LogP contribution in [-0.4, -0.2) is 15.2 Å². The molecule has 1 aromatic heterocycles. The second-order valence-electron chi connectivity index (χ2n) is 3.06. The smallest absolute Gasteiger partial charge is 0.215 e. The van der Waals surface area contributed by atoms with E-state index in [1.54, 1.807) is 12.3 Å². The quantitative estimate of drug-likeness (QED) is 0.804. The monoisotopic (exact) mass is 218 g/mol. The zero-order chi connectivity index (χ0) is 10.5. The Labute approximate surface area is 93.1 Å². The number of hydrogen-bond donors (Lipinski definition) is 1. The lowest BCUT2D eigenvalue weighted by Crippen LogP contribution is -2.08. The molecule has 0 saturated carbocycles. The van der Waals surface area contributed by atoms with E-state index in [-0.39, 0.29) is 0 Å². The Morgan fingerprint density at radius 3 is 2.73 bits per heavy atom. The third-order valence-electron chi connectivity index (χ3n) is 1.89. The van der Waals surface area contributed by atoms with E-state index in [0.29, 0.717) is 17.4 Å². The Bertz CT molecular complexity index is 425. The molecule has 2 aromatic rings. The molecular weight excluding hydrogens is 208 g/mol. The van der Waals surface area contributed by atoms with Crippen LogP contribution in [0, 0.1) is 0 Å². The number of nitrogens with zero attached hydrogens (tertiary/aromatic N) is 1. The largest absolute Gasteiger partial charge is 0.432 e. The van der Waals surface area contributed by atoms with E-state index < -0.39 is 0 Å². The molecule has 3 nitrogen and oxygen atoms in total. The molecule has 0 aliphatic heterocycles. The molecule has 0 unspecified atom stereocenters. The van der Waals surface area contributed by atoms with Gasteiger partial charge < -0.3 is 4.74 Å². The highest BCUT2D eigenvalue weighted by atomic mass is 32.1. The van der Waals surface area contributed by atoms with Gasteiger partial charge in [-0.15, -0.1) is 0 Å². The van der Waals surface area contributed by atoms with Crippen molar-refractivity contribution in [3.05, 3.63) is 48.2 Å². The second-order valence-corrected chi connectivity index (χ2v) is 3.51. The lowest BCUT2D eigenvalue weighted by Gasteiger charge is -2.03. The van der Waals surface area contributed by atoms with E-state index >= 15 is 0 Å². The van der Waals surface area contributed by atoms with Crippen molar-refractivity contribution >= 4 is 17.3 Å². The Kier molecular flexibility index (Phi) is 3.09. The van der Waals surface area contributed by atoms with Crippen LogP contribution >= 0.6 is 12.2 Å². The van der Waals surface area contributed by atoms with Crippen molar-refractivity contribution in [3.8, 4) is 5.88 Å². The van der Waals surface area contributed by atoms with Crippen LogP contribution in [0.2, 0.25) is 0 Å². The maximum Gasteiger partial charge on any atom is 0.215 e. The Morgan fingerprint density at radius 2 is 2.07 bits per heavy atom. The average molecular weight is 218 g/mol. The zero-order valence-electron chi connectivity index (χ0n) is 8.01. The van der Waals surface area contributed by atoms with Crippen LogP contribution in [0.1, 0.15) is 5.56 Å². The molecule has 4 heteroatoms. The minimum Gasteiger partial charge on any atom is -0.432 e. The summed E-state index contributed by atoms with van der Waals surface area (Å²) in [7, 11) is 0. The van der Waals surface area contributed by atoms with Crippen molar-refractivity contribution < 1.29 is 4.74 Å². The van der Waals surface area contributed by atoms with Gasteiger partial charge in [-0.25, -0.2) is 5.10 Å². The van der Waals surface area contributed by atoms with Gasteiger partial charge in [0.1, 0.15) is 0 Å². The van der Waals surface area contributed by atoms with Crippen LogP contribution in [0.15, 0.2) is 42.6 Å². The van der Waals surface area contributed by atoms with E-state index in [2.05, 4.69) is 10.2 Å². The van der Waals surface area contributed by atoms with Gasteiger partial charge in [-0.05, 0) is 17.8 Å². The minimum atomic E-state index is 0.533. The summed E-state index contributed by atoms with van der Waals surface area (Å²) in [6, 6.07) is 11.7. The minimum absolute atomic E-state index is 0.533. The van der Waals surface area contributed by atoms with Crippen LogP contribution in [0.5, 0.6) is 5.88 Å². The van der Waals surface area contributed by atoms with Crippen LogP contribution in [-0.2, 0) is 6.42 Å². The number of aromatic nitrogens is 2. The van der Waals surface area contributed by atoms with Crippen LogP contribution in [0.3, 0.4) is 0 Å². The first kappa shape index (κ1) is 9.86. The normalized spacial score (nSPS) is 9.87. The highest BCUT2D eigenvalue weighted by Crippen LogP contribution is 2.07. The van der Waals surface area contributed by atoms with Gasteiger partial charge in [0.15, 0.2) is 5.05 Å². The lowest BCUT2D eigenvalue weighted by atomic mass is 10.2. The number of benzene rings is 1. The van der Waals surface area contributed by atoms with Gasteiger partial charge in [-0.1, -0.05) is 30.3 Å². The fourth-order valence-corrected chi connectivity index (χ4v) is 1.48. The van der Waals surface area contributed by atoms with Crippen molar-refractivity contribution in [2.24, 2.45) is 0 Å². The molecule has 0 spiro atoms. The summed E-state index contributed by atoms with van der Waals surface area (Å²) < 4.78 is 5.37. The first-order chi connectivity index (χ1) is 7.34. The highest BCUT2D eigenvalue weighted by molar-refractivity contribution is 7.80. The molecule has 0 fully saturated rings. The number of rotatable bonds is 3.